The molecule has 5 heteroatoms. The molecule has 2 N–H and O–H groups in total. The van der Waals surface area contributed by atoms with Crippen LogP contribution in [0.4, 0.5) is 0 Å². The second-order valence-corrected chi connectivity index (χ2v) is 1.59. The van der Waals surface area contributed by atoms with Crippen molar-refractivity contribution >= 4 is 0 Å². The third-order valence-electron chi connectivity index (χ3n) is 0.996. The molecule has 0 amide bonds. The average molecular weight is 144 g/mol. The zero-order valence-corrected chi connectivity index (χ0v) is 5.29. The summed E-state index contributed by atoms with van der Waals surface area (Å²) >= 11 is 0. The number of H-pyrrole nitrogens is 1. The van der Waals surface area contributed by atoms with Crippen LogP contribution in [0.1, 0.15) is 0 Å². The first-order chi connectivity index (χ1) is 4.75. The predicted octanol–water partition coefficient (Wildman–Crippen LogP) is -0.516. The van der Waals surface area contributed by atoms with Gasteiger partial charge in [0.1, 0.15) is 0 Å². The van der Waals surface area contributed by atoms with Crippen LogP contribution in [0.15, 0.2) is 11.1 Å². The first-order valence-corrected chi connectivity index (χ1v) is 2.56. The lowest BCUT2D eigenvalue weighted by Crippen LogP contribution is -2.08. The van der Waals surface area contributed by atoms with E-state index in [1.54, 1.807) is 0 Å². The van der Waals surface area contributed by atoms with Crippen molar-refractivity contribution in [3.8, 4) is 11.6 Å². The molecule has 0 unspecified atom stereocenters. The number of ether oxygens (including phenoxy) is 1. The van der Waals surface area contributed by atoms with Gasteiger partial charge in [-0.25, -0.2) is 4.98 Å². The Balaban J connectivity index is 3.31. The molecule has 1 aromatic heterocycles. The zero-order chi connectivity index (χ0) is 7.56. The van der Waals surface area contributed by atoms with E-state index in [0.717, 1.165) is 6.33 Å². The molecule has 1 rings (SSSR count). The Morgan fingerprint density at radius 1 is 1.80 bits per heavy atom. The average Bonchev–Trinajstić information content (AvgIpc) is 1.88. The number of nitrogens with one attached hydrogen (secondary N) is 1. The van der Waals surface area contributed by atoms with Gasteiger partial charge in [0.2, 0.25) is 5.75 Å². The summed E-state index contributed by atoms with van der Waals surface area (Å²) in [6.45, 7) is 0. The number of aromatic nitrogens is 2. The van der Waals surface area contributed by atoms with Gasteiger partial charge in [-0.15, -0.1) is 0 Å². The Hall–Kier alpha value is -1.52. The van der Waals surface area contributed by atoms with Crippen LogP contribution in [0.3, 0.4) is 0 Å². The molecule has 0 aliphatic heterocycles. The maximum Gasteiger partial charge on any atom is 0.297 e. The van der Waals surface area contributed by atoms with E-state index in [1.165, 1.54) is 7.11 Å². The van der Waals surface area contributed by atoms with Crippen LogP contribution in [-0.4, -0.2) is 22.2 Å². The molecule has 1 aromatic rings. The number of aromatic hydroxyl groups is 1. The number of rotatable bonds is 1. The molecule has 5 nitrogen and oxygen atoms in total. The monoisotopic (exact) mass is 144 g/mol. The van der Waals surface area contributed by atoms with Crippen LogP contribution in [0.5, 0.6) is 11.6 Å². The van der Waals surface area contributed by atoms with Crippen molar-refractivity contribution in [1.82, 2.24) is 9.97 Å². The Morgan fingerprint density at radius 3 is 2.90 bits per heavy atom. The maximum absolute atomic E-state index is 10.7. The van der Waals surface area contributed by atoms with Crippen molar-refractivity contribution in [2.24, 2.45) is 0 Å². The zero-order valence-electron chi connectivity index (χ0n) is 5.29. The summed E-state index contributed by atoms with van der Waals surface area (Å²) in [6.07, 6.45) is 1.10. The number of hydrogen-bond donors (Lipinski definition) is 2. The summed E-state index contributed by atoms with van der Waals surface area (Å²) < 4.78 is 4.52. The molecule has 0 bridgehead atoms. The van der Waals surface area contributed by atoms with Gasteiger partial charge < -0.3 is 14.8 Å². The largest absolute Gasteiger partial charge is 0.490 e. The molecule has 1 heterocycles. The second-order valence-electron chi connectivity index (χ2n) is 1.59. The fourth-order valence-corrected chi connectivity index (χ4v) is 0.562. The molecule has 54 valence electrons. The topological polar surface area (TPSA) is 75.2 Å². The number of hydrogen-bond acceptors (Lipinski definition) is 4. The first kappa shape index (κ1) is 6.60. The van der Waals surface area contributed by atoms with Crippen molar-refractivity contribution in [3.05, 3.63) is 16.7 Å². The fraction of sp³-hybridized carbons (Fsp3) is 0.200. The van der Waals surface area contributed by atoms with E-state index < -0.39 is 11.4 Å². The molecule has 0 fully saturated rings. The molecule has 0 aliphatic carbocycles. The maximum atomic E-state index is 10.7. The van der Waals surface area contributed by atoms with Crippen molar-refractivity contribution in [2.75, 3.05) is 7.11 Å². The van der Waals surface area contributed by atoms with Gasteiger partial charge in [0.15, 0.2) is 0 Å². The summed E-state index contributed by atoms with van der Waals surface area (Å²) in [5.74, 6) is -0.561. The lowest BCUT2D eigenvalue weighted by Gasteiger charge is -1.97. The second kappa shape index (κ2) is 2.38. The molecule has 0 saturated carbocycles. The highest BCUT2D eigenvalue weighted by Crippen LogP contribution is 2.13. The van der Waals surface area contributed by atoms with Gasteiger partial charge >= 0.3 is 0 Å². The highest BCUT2D eigenvalue weighted by molar-refractivity contribution is 5.27. The van der Waals surface area contributed by atoms with Gasteiger partial charge in [0, 0.05) is 0 Å². The number of methoxy groups -OCH3 is 1. The molecular formula is C5H6N2O3. The van der Waals surface area contributed by atoms with Gasteiger partial charge in [-0.1, -0.05) is 0 Å². The van der Waals surface area contributed by atoms with Gasteiger partial charge in [0.05, 0.1) is 13.4 Å². The SMILES string of the molecule is COc1c(O)n[14cH][nH]c1=O. The van der Waals surface area contributed by atoms with Crippen molar-refractivity contribution in [3.63, 3.8) is 0 Å². The first-order valence-electron chi connectivity index (χ1n) is 2.56. The van der Waals surface area contributed by atoms with E-state index in [1.807, 2.05) is 0 Å². The normalized spacial score (nSPS) is 9.30. The third-order valence-corrected chi connectivity index (χ3v) is 0.996. The summed E-state index contributed by atoms with van der Waals surface area (Å²) in [5.41, 5.74) is -0.491. The Bertz CT molecular complexity index is 280. The van der Waals surface area contributed by atoms with Crippen LogP contribution in [0.2, 0.25) is 0 Å². The van der Waals surface area contributed by atoms with Crippen molar-refractivity contribution in [1.29, 1.82) is 0 Å². The highest BCUT2D eigenvalue weighted by atomic mass is 16.5. The van der Waals surface area contributed by atoms with E-state index in [9.17, 15) is 4.79 Å². The summed E-state index contributed by atoms with van der Waals surface area (Å²) in [4.78, 5) is 16.3. The standard InChI is InChI=1S/C5H6N2O3/c1-10-3-4(8)6-2-7-5(3)9/h2H,1H3,(H2,6,7,8,9)/i2+2. The molecule has 0 aliphatic rings. The highest BCUT2D eigenvalue weighted by Gasteiger charge is 2.04. The lowest BCUT2D eigenvalue weighted by molar-refractivity contribution is 0.356. The minimum absolute atomic E-state index is 0.164. The Kier molecular flexibility index (Phi) is 1.57. The number of nitrogens with zero attached hydrogens (tertiary/aromatic N) is 1. The summed E-state index contributed by atoms with van der Waals surface area (Å²) in [6, 6.07) is 0. The summed E-state index contributed by atoms with van der Waals surface area (Å²) in [5, 5.41) is 8.84. The van der Waals surface area contributed by atoms with E-state index in [0.29, 0.717) is 0 Å². The van der Waals surface area contributed by atoms with Gasteiger partial charge in [-0.2, -0.15) is 0 Å². The molecule has 0 atom stereocenters. The smallest absolute Gasteiger partial charge is 0.297 e. The van der Waals surface area contributed by atoms with Gasteiger partial charge in [-0.3, -0.25) is 4.79 Å². The van der Waals surface area contributed by atoms with E-state index in [4.69, 9.17) is 5.11 Å². The molecule has 0 radical (unpaired) electrons. The van der Waals surface area contributed by atoms with E-state index >= 15 is 0 Å². The lowest BCUT2D eigenvalue weighted by atomic mass is 10.6. The fourth-order valence-electron chi connectivity index (χ4n) is 0.562. The molecule has 0 aromatic carbocycles. The van der Waals surface area contributed by atoms with Gasteiger partial charge in [-0.05, 0) is 0 Å². The van der Waals surface area contributed by atoms with Crippen LogP contribution >= 0.6 is 0 Å². The van der Waals surface area contributed by atoms with E-state index in [-0.39, 0.29) is 5.75 Å². The van der Waals surface area contributed by atoms with Crippen LogP contribution < -0.4 is 10.3 Å². The van der Waals surface area contributed by atoms with E-state index in [2.05, 4.69) is 14.7 Å². The van der Waals surface area contributed by atoms with Crippen LogP contribution in [-0.2, 0) is 0 Å². The van der Waals surface area contributed by atoms with Crippen LogP contribution in [0, 0.1) is 0 Å². The molecular weight excluding hydrogens is 138 g/mol. The third kappa shape index (κ3) is 0.928. The minimum atomic E-state index is -0.491. The van der Waals surface area contributed by atoms with Crippen LogP contribution in [0.25, 0.3) is 0 Å². The number of aromatic amines is 1. The Labute approximate surface area is 56.3 Å². The van der Waals surface area contributed by atoms with Crippen molar-refractivity contribution in [2.45, 2.75) is 0 Å². The minimum Gasteiger partial charge on any atom is -0.490 e. The molecule has 0 saturated heterocycles. The van der Waals surface area contributed by atoms with Gasteiger partial charge in [0.25, 0.3) is 11.4 Å². The summed E-state index contributed by atoms with van der Waals surface area (Å²) in [7, 11) is 1.28. The predicted molar refractivity (Wildman–Crippen MR) is 33.1 cm³/mol. The van der Waals surface area contributed by atoms with Crippen molar-refractivity contribution < 1.29 is 9.84 Å². The quantitative estimate of drug-likeness (QED) is 0.556. The molecule has 10 heavy (non-hydrogen) atoms. The Morgan fingerprint density at radius 2 is 2.50 bits per heavy atom. The molecule has 0 spiro atoms.